The molecule has 1 aliphatic heterocycles. The van der Waals surface area contributed by atoms with Crippen LogP contribution in [0.25, 0.3) is 0 Å². The molecule has 1 aliphatic rings. The Labute approximate surface area is 252 Å². The molecule has 1 heterocycles. The fourth-order valence-electron chi connectivity index (χ4n) is 5.16. The van der Waals surface area contributed by atoms with E-state index in [1.165, 1.54) is 12.0 Å². The second-order valence-corrected chi connectivity index (χ2v) is 12.0. The molecule has 5 N–H and O–H groups in total. The lowest BCUT2D eigenvalue weighted by Gasteiger charge is -2.34. The van der Waals surface area contributed by atoms with Crippen LogP contribution in [-0.4, -0.2) is 59.8 Å². The van der Waals surface area contributed by atoms with Gasteiger partial charge in [-0.3, -0.25) is 9.59 Å². The highest BCUT2D eigenvalue weighted by Crippen LogP contribution is 2.27. The van der Waals surface area contributed by atoms with Crippen molar-refractivity contribution in [1.82, 2.24) is 10.2 Å². The Bertz CT molecular complexity index is 1390. The molecular weight excluding hydrogens is 546 g/mol. The first-order valence-electron chi connectivity index (χ1n) is 14.3. The number of nitrogens with zero attached hydrogens (tertiary/aromatic N) is 2. The van der Waals surface area contributed by atoms with Crippen LogP contribution in [0.1, 0.15) is 38.3 Å². The van der Waals surface area contributed by atoms with Gasteiger partial charge in [0.05, 0.1) is 13.2 Å². The molecule has 228 valence electrons. The van der Waals surface area contributed by atoms with Crippen molar-refractivity contribution in [2.24, 2.45) is 5.41 Å². The van der Waals surface area contributed by atoms with Crippen molar-refractivity contribution in [3.05, 3.63) is 90.0 Å². The van der Waals surface area contributed by atoms with Gasteiger partial charge in [0.1, 0.15) is 12.1 Å². The number of carbonyl (C=O) groups excluding carboxylic acids is 3. The number of amides is 3. The molecule has 3 amide bonds. The van der Waals surface area contributed by atoms with Crippen LogP contribution < -0.4 is 21.3 Å². The number of hydrogen-bond acceptors (Lipinski definition) is 7. The number of likely N-dealkylation sites (tertiary alicyclic amines) is 1. The number of benzene rings is 3. The second-order valence-electron chi connectivity index (χ2n) is 12.0. The minimum Gasteiger partial charge on any atom is -0.453 e. The lowest BCUT2D eigenvalue weighted by atomic mass is 9.85. The topological polar surface area (TPSA) is 137 Å². The fourth-order valence-corrected chi connectivity index (χ4v) is 5.16. The normalized spacial score (nSPS) is 17.2. The third kappa shape index (κ3) is 8.26. The Morgan fingerprint density at radius 2 is 1.56 bits per heavy atom. The Morgan fingerprint density at radius 1 is 0.977 bits per heavy atom. The van der Waals surface area contributed by atoms with Gasteiger partial charge in [-0.2, -0.15) is 0 Å². The third-order valence-electron chi connectivity index (χ3n) is 7.49. The molecule has 3 aromatic rings. The lowest BCUT2D eigenvalue weighted by Crippen LogP contribution is -2.57. The molecule has 1 fully saturated rings. The smallest absolute Gasteiger partial charge is 0.407 e. The number of nitrogens with one attached hydrogen (secondary N) is 2. The standard InChI is InChI=1S/C33H41N5O5/c1-33(2,3)29(36-32(42)43-4)31(41)38-21-27(39)18-28(38)30(40)35-25-16-12-23(13-17-25)20-37(26-8-6-5-7-9-26)19-22-10-14-24(34)15-11-22/h5-17,27-29,39H,18-21,34H2,1-4H3,(H,35,40)(H,36,42)/t27-,28+,29-/m1/s1. The first-order chi connectivity index (χ1) is 20.4. The SMILES string of the molecule is COC(=O)N[C@H](C(=O)N1C[C@H](O)C[C@H]1C(=O)Nc1ccc(CN(Cc2ccc(N)cc2)c2ccccc2)cc1)C(C)(C)C. The minimum atomic E-state index is -0.944. The molecule has 0 aliphatic carbocycles. The van der Waals surface area contributed by atoms with E-state index in [0.717, 1.165) is 22.5 Å². The van der Waals surface area contributed by atoms with Crippen LogP contribution in [0.4, 0.5) is 21.9 Å². The van der Waals surface area contributed by atoms with E-state index in [0.29, 0.717) is 18.8 Å². The van der Waals surface area contributed by atoms with Crippen molar-refractivity contribution in [1.29, 1.82) is 0 Å². The van der Waals surface area contributed by atoms with Crippen molar-refractivity contribution in [3.63, 3.8) is 0 Å². The average molecular weight is 588 g/mol. The van der Waals surface area contributed by atoms with Gasteiger partial charge in [-0.05, 0) is 52.9 Å². The number of β-amino-alcohol motifs (C(OH)–C–C–N with tert-alkyl or cyclic N) is 1. The van der Waals surface area contributed by atoms with Gasteiger partial charge in [-0.25, -0.2) is 4.79 Å². The van der Waals surface area contributed by atoms with Crippen LogP contribution in [0, 0.1) is 5.41 Å². The monoisotopic (exact) mass is 587 g/mol. The van der Waals surface area contributed by atoms with E-state index in [4.69, 9.17) is 10.5 Å². The van der Waals surface area contributed by atoms with E-state index in [-0.39, 0.29) is 13.0 Å². The summed E-state index contributed by atoms with van der Waals surface area (Å²) in [6.07, 6.45) is -1.50. The van der Waals surface area contributed by atoms with Crippen LogP contribution in [0.5, 0.6) is 0 Å². The molecular formula is C33H41N5O5. The van der Waals surface area contributed by atoms with Gasteiger partial charge in [0.25, 0.3) is 0 Å². The van der Waals surface area contributed by atoms with Crippen LogP contribution in [0.3, 0.4) is 0 Å². The van der Waals surface area contributed by atoms with Crippen molar-refractivity contribution in [3.8, 4) is 0 Å². The number of para-hydroxylation sites is 1. The summed E-state index contributed by atoms with van der Waals surface area (Å²) in [5, 5.41) is 15.9. The van der Waals surface area contributed by atoms with Gasteiger partial charge in [-0.15, -0.1) is 0 Å². The Balaban J connectivity index is 1.45. The number of anilines is 3. The summed E-state index contributed by atoms with van der Waals surface area (Å²) in [5.41, 5.74) is 9.77. The van der Waals surface area contributed by atoms with E-state index < -0.39 is 41.5 Å². The predicted molar refractivity (Wildman–Crippen MR) is 167 cm³/mol. The zero-order valence-electron chi connectivity index (χ0n) is 25.1. The maximum Gasteiger partial charge on any atom is 0.407 e. The van der Waals surface area contributed by atoms with E-state index in [9.17, 15) is 19.5 Å². The van der Waals surface area contributed by atoms with Gasteiger partial charge in [0.2, 0.25) is 11.8 Å². The number of methoxy groups -OCH3 is 1. The summed E-state index contributed by atoms with van der Waals surface area (Å²) in [7, 11) is 1.22. The van der Waals surface area contributed by atoms with Crippen molar-refractivity contribution >= 4 is 35.0 Å². The number of nitrogen functional groups attached to an aromatic ring is 1. The van der Waals surface area contributed by atoms with Crippen molar-refractivity contribution in [2.45, 2.75) is 58.5 Å². The van der Waals surface area contributed by atoms with Gasteiger partial charge in [0, 0.05) is 43.1 Å². The highest BCUT2D eigenvalue weighted by molar-refractivity contribution is 5.99. The molecule has 0 unspecified atom stereocenters. The predicted octanol–water partition coefficient (Wildman–Crippen LogP) is 4.15. The zero-order valence-corrected chi connectivity index (χ0v) is 25.1. The molecule has 3 aromatic carbocycles. The van der Waals surface area contributed by atoms with Crippen LogP contribution in [0.2, 0.25) is 0 Å². The highest BCUT2D eigenvalue weighted by atomic mass is 16.5. The van der Waals surface area contributed by atoms with Gasteiger partial charge in [-0.1, -0.05) is 63.2 Å². The third-order valence-corrected chi connectivity index (χ3v) is 7.49. The summed E-state index contributed by atoms with van der Waals surface area (Å²) >= 11 is 0. The van der Waals surface area contributed by atoms with Gasteiger partial charge < -0.3 is 36.0 Å². The van der Waals surface area contributed by atoms with E-state index >= 15 is 0 Å². The summed E-state index contributed by atoms with van der Waals surface area (Å²) in [5.74, 6) is -0.857. The number of alkyl carbamates (subject to hydrolysis) is 1. The van der Waals surface area contributed by atoms with Crippen LogP contribution in [0.15, 0.2) is 78.9 Å². The highest BCUT2D eigenvalue weighted by Gasteiger charge is 2.44. The molecule has 0 bridgehead atoms. The molecule has 1 saturated heterocycles. The van der Waals surface area contributed by atoms with Crippen LogP contribution in [-0.2, 0) is 27.4 Å². The lowest BCUT2D eigenvalue weighted by molar-refractivity contribution is -0.140. The van der Waals surface area contributed by atoms with Gasteiger partial charge in [0.15, 0.2) is 0 Å². The summed E-state index contributed by atoms with van der Waals surface area (Å²) in [6.45, 7) is 6.75. The summed E-state index contributed by atoms with van der Waals surface area (Å²) in [6, 6.07) is 23.7. The van der Waals surface area contributed by atoms with E-state index in [1.807, 2.05) is 87.5 Å². The number of nitrogens with two attached hydrogens (primary N) is 1. The summed E-state index contributed by atoms with van der Waals surface area (Å²) < 4.78 is 4.70. The molecule has 4 rings (SSSR count). The number of aliphatic hydroxyl groups is 1. The Kier molecular flexibility index (Phi) is 9.92. The van der Waals surface area contributed by atoms with E-state index in [1.54, 1.807) is 0 Å². The molecule has 10 heteroatoms. The Hall–Kier alpha value is -4.57. The first-order valence-corrected chi connectivity index (χ1v) is 14.3. The number of ether oxygens (including phenoxy) is 1. The van der Waals surface area contributed by atoms with Crippen LogP contribution >= 0.6 is 0 Å². The molecule has 10 nitrogen and oxygen atoms in total. The summed E-state index contributed by atoms with van der Waals surface area (Å²) in [4.78, 5) is 42.4. The molecule has 43 heavy (non-hydrogen) atoms. The van der Waals surface area contributed by atoms with E-state index in [2.05, 4.69) is 27.7 Å². The largest absolute Gasteiger partial charge is 0.453 e. The number of hydrogen-bond donors (Lipinski definition) is 4. The Morgan fingerprint density at radius 3 is 2.12 bits per heavy atom. The molecule has 3 atom stereocenters. The number of aliphatic hydroxyl groups excluding tert-OH is 1. The van der Waals surface area contributed by atoms with Crippen molar-refractivity contribution in [2.75, 3.05) is 29.6 Å². The zero-order chi connectivity index (χ0) is 31.1. The number of rotatable bonds is 9. The molecule has 0 aromatic heterocycles. The first kappa shape index (κ1) is 31.4. The van der Waals surface area contributed by atoms with Gasteiger partial charge >= 0.3 is 6.09 Å². The van der Waals surface area contributed by atoms with Crippen molar-refractivity contribution < 1.29 is 24.2 Å². The molecule has 0 radical (unpaired) electrons. The molecule has 0 spiro atoms. The fraction of sp³-hybridized carbons (Fsp3) is 0.364. The quantitative estimate of drug-likeness (QED) is 0.276. The maximum atomic E-state index is 13.5. The minimum absolute atomic E-state index is 0.00534. The molecule has 0 saturated carbocycles. The number of carbonyl (C=O) groups is 3. The average Bonchev–Trinajstić information content (AvgIpc) is 3.38. The maximum absolute atomic E-state index is 13.5. The second kappa shape index (κ2) is 13.6.